The zero-order valence-electron chi connectivity index (χ0n) is 14.5. The molecule has 1 heterocycles. The van der Waals surface area contributed by atoms with E-state index in [1.807, 2.05) is 0 Å². The quantitative estimate of drug-likeness (QED) is 0.149. The van der Waals surface area contributed by atoms with Gasteiger partial charge in [-0.1, -0.05) is 0 Å². The topological polar surface area (TPSA) is 229 Å². The molecule has 28 heavy (non-hydrogen) atoms. The monoisotopic (exact) mass is 432 g/mol. The second kappa shape index (κ2) is 11.3. The summed E-state index contributed by atoms with van der Waals surface area (Å²) in [6, 6.07) is -2.19. The highest BCUT2D eigenvalue weighted by molar-refractivity contribution is 8.13. The first kappa shape index (κ1) is 23.4. The highest BCUT2D eigenvalue weighted by atomic mass is 32.2. The number of aromatic nitrogens is 3. The molecule has 0 aliphatic rings. The number of nitrogens with one attached hydrogen (secondary N) is 2. The number of thiol groups is 1. The van der Waals surface area contributed by atoms with Crippen LogP contribution in [0.3, 0.4) is 0 Å². The van der Waals surface area contributed by atoms with Crippen LogP contribution in [0.15, 0.2) is 5.16 Å². The van der Waals surface area contributed by atoms with Gasteiger partial charge < -0.3 is 32.9 Å². The SMILES string of the molecule is Nc1nc(N)nc(SC(=O)CNC(=O)[C@H](CS)NC(=O)CC[C@H](N)C(=O)O)n1. The van der Waals surface area contributed by atoms with Crippen molar-refractivity contribution < 1.29 is 24.3 Å². The van der Waals surface area contributed by atoms with E-state index in [0.717, 1.165) is 0 Å². The lowest BCUT2D eigenvalue weighted by Gasteiger charge is -2.16. The third-order valence-electron chi connectivity index (χ3n) is 3.10. The van der Waals surface area contributed by atoms with Crippen LogP contribution in [0, 0.1) is 0 Å². The van der Waals surface area contributed by atoms with E-state index in [0.29, 0.717) is 11.8 Å². The van der Waals surface area contributed by atoms with Gasteiger partial charge in [-0.15, -0.1) is 0 Å². The number of rotatable bonds is 10. The van der Waals surface area contributed by atoms with Crippen LogP contribution < -0.4 is 27.8 Å². The fraction of sp³-hybridized carbons (Fsp3) is 0.462. The van der Waals surface area contributed by atoms with Crippen molar-refractivity contribution in [3.63, 3.8) is 0 Å². The summed E-state index contributed by atoms with van der Waals surface area (Å²) in [5.74, 6) is -2.77. The minimum Gasteiger partial charge on any atom is -0.480 e. The maximum absolute atomic E-state index is 12.1. The lowest BCUT2D eigenvalue weighted by molar-refractivity contribution is -0.138. The molecule has 0 aliphatic carbocycles. The number of hydrogen-bond donors (Lipinski definition) is 7. The Labute approximate surface area is 169 Å². The first-order valence-electron chi connectivity index (χ1n) is 7.76. The van der Waals surface area contributed by atoms with E-state index < -0.39 is 35.0 Å². The van der Waals surface area contributed by atoms with Gasteiger partial charge in [0.15, 0.2) is 0 Å². The van der Waals surface area contributed by atoms with Crippen LogP contribution in [0.4, 0.5) is 11.9 Å². The molecule has 1 aromatic heterocycles. The van der Waals surface area contributed by atoms with Crippen molar-refractivity contribution in [2.24, 2.45) is 5.73 Å². The molecule has 0 fully saturated rings. The van der Waals surface area contributed by atoms with Gasteiger partial charge in [-0.2, -0.15) is 27.6 Å². The molecule has 0 saturated heterocycles. The molecule has 0 aliphatic heterocycles. The van der Waals surface area contributed by atoms with E-state index in [-0.39, 0.29) is 42.2 Å². The second-order valence-electron chi connectivity index (χ2n) is 5.31. The first-order chi connectivity index (χ1) is 13.1. The summed E-state index contributed by atoms with van der Waals surface area (Å²) in [6.45, 7) is -0.376. The van der Waals surface area contributed by atoms with Gasteiger partial charge >= 0.3 is 5.97 Å². The largest absolute Gasteiger partial charge is 0.480 e. The summed E-state index contributed by atoms with van der Waals surface area (Å²) in [6.07, 6.45) is -0.266. The molecular formula is C13H20N8O5S2. The number of carbonyl (C=O) groups excluding carboxylic acids is 3. The maximum atomic E-state index is 12.1. The van der Waals surface area contributed by atoms with Gasteiger partial charge in [-0.05, 0) is 18.2 Å². The number of carboxylic acids is 1. The van der Waals surface area contributed by atoms with Crippen LogP contribution >= 0.6 is 24.4 Å². The molecule has 15 heteroatoms. The molecule has 0 radical (unpaired) electrons. The lowest BCUT2D eigenvalue weighted by atomic mass is 10.1. The summed E-state index contributed by atoms with van der Waals surface area (Å²) in [7, 11) is 0. The molecule has 2 amide bonds. The number of thioether (sulfide) groups is 1. The van der Waals surface area contributed by atoms with E-state index in [1.54, 1.807) is 0 Å². The molecule has 13 nitrogen and oxygen atoms in total. The minimum absolute atomic E-state index is 0.0157. The summed E-state index contributed by atoms with van der Waals surface area (Å²) >= 11 is 4.59. The van der Waals surface area contributed by atoms with E-state index >= 15 is 0 Å². The Morgan fingerprint density at radius 3 is 2.29 bits per heavy atom. The number of carbonyl (C=O) groups is 4. The molecule has 1 aromatic rings. The van der Waals surface area contributed by atoms with Gasteiger partial charge in [-0.25, -0.2) is 0 Å². The van der Waals surface area contributed by atoms with Gasteiger partial charge in [0.25, 0.3) is 0 Å². The summed E-state index contributed by atoms with van der Waals surface area (Å²) in [4.78, 5) is 57.4. The minimum atomic E-state index is -1.23. The number of hydrogen-bond acceptors (Lipinski definition) is 12. The Kier molecular flexibility index (Phi) is 9.40. The van der Waals surface area contributed by atoms with Crippen LogP contribution in [0.25, 0.3) is 0 Å². The Morgan fingerprint density at radius 1 is 1.14 bits per heavy atom. The molecule has 9 N–H and O–H groups in total. The molecule has 0 saturated carbocycles. The highest BCUT2D eigenvalue weighted by Gasteiger charge is 2.21. The zero-order chi connectivity index (χ0) is 21.3. The van der Waals surface area contributed by atoms with Crippen LogP contribution in [-0.4, -0.2) is 67.3 Å². The number of nitrogens with zero attached hydrogens (tertiary/aromatic N) is 3. The molecule has 154 valence electrons. The normalized spacial score (nSPS) is 12.6. The van der Waals surface area contributed by atoms with E-state index in [2.05, 4.69) is 38.2 Å². The number of aliphatic carboxylic acids is 1. The van der Waals surface area contributed by atoms with Crippen molar-refractivity contribution >= 4 is 59.2 Å². The highest BCUT2D eigenvalue weighted by Crippen LogP contribution is 2.14. The van der Waals surface area contributed by atoms with Gasteiger partial charge in [0.2, 0.25) is 34.0 Å². The van der Waals surface area contributed by atoms with E-state index in [4.69, 9.17) is 22.3 Å². The van der Waals surface area contributed by atoms with Gasteiger partial charge in [0.05, 0.1) is 6.54 Å². The van der Waals surface area contributed by atoms with Crippen LogP contribution in [0.1, 0.15) is 12.8 Å². The van der Waals surface area contributed by atoms with Crippen molar-refractivity contribution in [2.75, 3.05) is 23.8 Å². The molecule has 2 atom stereocenters. The third kappa shape index (κ3) is 8.36. The van der Waals surface area contributed by atoms with E-state index in [1.165, 1.54) is 0 Å². The van der Waals surface area contributed by atoms with Crippen molar-refractivity contribution in [1.29, 1.82) is 0 Å². The molecule has 0 spiro atoms. The van der Waals surface area contributed by atoms with Crippen molar-refractivity contribution in [2.45, 2.75) is 30.1 Å². The smallest absolute Gasteiger partial charge is 0.320 e. The van der Waals surface area contributed by atoms with Crippen molar-refractivity contribution in [1.82, 2.24) is 25.6 Å². The zero-order valence-corrected chi connectivity index (χ0v) is 16.2. The number of nitrogen functional groups attached to an aromatic ring is 2. The van der Waals surface area contributed by atoms with Crippen LogP contribution in [-0.2, 0) is 19.2 Å². The fourth-order valence-electron chi connectivity index (χ4n) is 1.73. The third-order valence-corrected chi connectivity index (χ3v) is 4.20. The second-order valence-corrected chi connectivity index (χ2v) is 6.70. The Balaban J connectivity index is 2.47. The van der Waals surface area contributed by atoms with Gasteiger partial charge in [-0.3, -0.25) is 19.2 Å². The van der Waals surface area contributed by atoms with Crippen LogP contribution in [0.5, 0.6) is 0 Å². The Hall–Kier alpha value is -2.65. The van der Waals surface area contributed by atoms with Crippen molar-refractivity contribution in [3.05, 3.63) is 0 Å². The summed E-state index contributed by atoms with van der Waals surface area (Å²) in [5.41, 5.74) is 16.1. The predicted molar refractivity (Wildman–Crippen MR) is 103 cm³/mol. The molecule has 0 bridgehead atoms. The number of carboxylic acid groups (broad SMARTS) is 1. The van der Waals surface area contributed by atoms with Crippen molar-refractivity contribution in [3.8, 4) is 0 Å². The number of nitrogens with two attached hydrogens (primary N) is 3. The van der Waals surface area contributed by atoms with Gasteiger partial charge in [0.1, 0.15) is 12.1 Å². The lowest BCUT2D eigenvalue weighted by Crippen LogP contribution is -2.49. The Bertz CT molecular complexity index is 729. The number of amides is 2. The average molecular weight is 432 g/mol. The standard InChI is InChI=1S/C13H20N8O5S2/c14-5(10(25)26)1-2-7(22)18-6(4-27)9(24)17-3-8(23)28-13-20-11(15)19-12(16)21-13/h5-6,27H,1-4,14H2,(H,17,24)(H,18,22)(H,25,26)(H4,15,16,19,20,21)/t5-,6-/m0/s1. The molecular weight excluding hydrogens is 412 g/mol. The first-order valence-corrected chi connectivity index (χ1v) is 9.21. The number of anilines is 2. The maximum Gasteiger partial charge on any atom is 0.320 e. The molecule has 0 unspecified atom stereocenters. The van der Waals surface area contributed by atoms with E-state index in [9.17, 15) is 19.2 Å². The summed E-state index contributed by atoms with van der Waals surface area (Å²) < 4.78 is 0. The van der Waals surface area contributed by atoms with Gasteiger partial charge in [0, 0.05) is 12.2 Å². The fourth-order valence-corrected chi connectivity index (χ4v) is 2.61. The molecule has 1 rings (SSSR count). The summed E-state index contributed by atoms with van der Waals surface area (Å²) in [5, 5.41) is 12.9. The Morgan fingerprint density at radius 2 is 1.75 bits per heavy atom. The molecule has 0 aromatic carbocycles. The predicted octanol–water partition coefficient (Wildman–Crippen LogP) is -2.62. The average Bonchev–Trinajstić information content (AvgIpc) is 2.61. The van der Waals surface area contributed by atoms with Crippen LogP contribution in [0.2, 0.25) is 0 Å².